The monoisotopic (exact) mass is 1070 g/mol. The molecule has 0 fully saturated rings. The predicted molar refractivity (Wildman–Crippen MR) is 351 cm³/mol. The quantitative estimate of drug-likeness (QED) is 0.152. The number of rotatable bonds is 8. The number of furan rings is 2. The van der Waals surface area contributed by atoms with E-state index in [1.54, 1.807) is 0 Å². The molecule has 0 aliphatic carbocycles. The zero-order valence-corrected chi connectivity index (χ0v) is 45.2. The van der Waals surface area contributed by atoms with Gasteiger partial charge < -0.3 is 27.4 Å². The van der Waals surface area contributed by atoms with Gasteiger partial charge in [-0.25, -0.2) is 0 Å². The lowest BCUT2D eigenvalue weighted by atomic mass is 9.89. The molecule has 0 radical (unpaired) electrons. The fourth-order valence-corrected chi connectivity index (χ4v) is 14.8. The zero-order chi connectivity index (χ0) is 54.7. The number of anilines is 6. The third kappa shape index (κ3) is 6.02. The molecule has 0 amide bonds. The lowest BCUT2D eigenvalue weighted by molar-refractivity contribution is 0.668. The van der Waals surface area contributed by atoms with Crippen molar-refractivity contribution in [3.63, 3.8) is 0 Å². The maximum atomic E-state index is 6.58. The second kappa shape index (κ2) is 17.1. The van der Waals surface area contributed by atoms with Crippen molar-refractivity contribution < 1.29 is 8.83 Å². The van der Waals surface area contributed by atoms with Crippen molar-refractivity contribution in [2.45, 2.75) is 0 Å². The molecular formula is C78H46N4O2. The van der Waals surface area contributed by atoms with Crippen molar-refractivity contribution in [2.24, 2.45) is 0 Å². The number of hydrogen-bond donors (Lipinski definition) is 0. The van der Waals surface area contributed by atoms with E-state index < -0.39 is 0 Å². The number of benzene rings is 13. The minimum atomic E-state index is 0.856. The summed E-state index contributed by atoms with van der Waals surface area (Å²) in [6.45, 7) is 0. The normalized spacial score (nSPS) is 12.3. The van der Waals surface area contributed by atoms with Crippen LogP contribution in [0.1, 0.15) is 0 Å². The summed E-state index contributed by atoms with van der Waals surface area (Å²) in [5.74, 6) is 0. The lowest BCUT2D eigenvalue weighted by Crippen LogP contribution is -2.10. The highest BCUT2D eigenvalue weighted by molar-refractivity contribution is 6.39. The molecular weight excluding hydrogens is 1020 g/mol. The van der Waals surface area contributed by atoms with Crippen LogP contribution in [0, 0.1) is 0 Å². The fourth-order valence-electron chi connectivity index (χ4n) is 14.8. The molecule has 0 aliphatic rings. The van der Waals surface area contributed by atoms with Crippen LogP contribution in [0.2, 0.25) is 0 Å². The summed E-state index contributed by atoms with van der Waals surface area (Å²) in [6.07, 6.45) is 0. The highest BCUT2D eigenvalue weighted by Crippen LogP contribution is 2.57. The average Bonchev–Trinajstić information content (AvgIpc) is 2.75. The van der Waals surface area contributed by atoms with Crippen molar-refractivity contribution in [1.82, 2.24) is 8.80 Å². The van der Waals surface area contributed by atoms with Gasteiger partial charge >= 0.3 is 0 Å². The third-order valence-corrected chi connectivity index (χ3v) is 17.9. The Morgan fingerprint density at radius 1 is 0.226 bits per heavy atom. The highest BCUT2D eigenvalue weighted by atomic mass is 16.3. The van der Waals surface area contributed by atoms with Gasteiger partial charge in [0.1, 0.15) is 22.3 Å². The largest absolute Gasteiger partial charge is 0.456 e. The average molecular weight is 1070 g/mol. The molecule has 6 heteroatoms. The first-order valence-electron chi connectivity index (χ1n) is 28.8. The van der Waals surface area contributed by atoms with Crippen LogP contribution in [-0.2, 0) is 0 Å². The summed E-state index contributed by atoms with van der Waals surface area (Å²) >= 11 is 0. The number of nitrogens with zero attached hydrogens (tertiary/aromatic N) is 4. The summed E-state index contributed by atoms with van der Waals surface area (Å²) in [5, 5.41) is 14.0. The van der Waals surface area contributed by atoms with Gasteiger partial charge in [0, 0.05) is 76.4 Å². The second-order valence-corrected chi connectivity index (χ2v) is 22.2. The Morgan fingerprint density at radius 3 is 0.952 bits per heavy atom. The van der Waals surface area contributed by atoms with Crippen molar-refractivity contribution in [3.8, 4) is 22.3 Å². The Kier molecular flexibility index (Phi) is 9.24. The smallest absolute Gasteiger partial charge is 0.137 e. The second-order valence-electron chi connectivity index (χ2n) is 22.2. The summed E-state index contributed by atoms with van der Waals surface area (Å²) in [6, 6.07) is 101. The molecule has 13 aromatic carbocycles. The summed E-state index contributed by atoms with van der Waals surface area (Å²) < 4.78 is 18.4. The minimum Gasteiger partial charge on any atom is -0.456 e. The van der Waals surface area contributed by atoms with Gasteiger partial charge in [0.05, 0.1) is 66.6 Å². The van der Waals surface area contributed by atoms with Crippen molar-refractivity contribution in [3.05, 3.63) is 279 Å². The molecule has 0 atom stereocenters. The van der Waals surface area contributed by atoms with E-state index in [2.05, 4.69) is 286 Å². The summed E-state index contributed by atoms with van der Waals surface area (Å²) in [7, 11) is 0. The molecule has 6 aromatic heterocycles. The van der Waals surface area contributed by atoms with Crippen LogP contribution in [0.15, 0.2) is 288 Å². The molecule has 0 spiro atoms. The van der Waals surface area contributed by atoms with Crippen LogP contribution in [0.25, 0.3) is 142 Å². The highest BCUT2D eigenvalue weighted by Gasteiger charge is 2.33. The molecule has 0 unspecified atom stereocenters. The Balaban J connectivity index is 0.974. The van der Waals surface area contributed by atoms with Gasteiger partial charge in [-0.2, -0.15) is 0 Å². The maximum absolute atomic E-state index is 6.58. The number of para-hydroxylation sites is 6. The van der Waals surface area contributed by atoms with E-state index in [0.717, 1.165) is 100 Å². The van der Waals surface area contributed by atoms with E-state index in [1.807, 2.05) is 12.1 Å². The first-order valence-corrected chi connectivity index (χ1v) is 28.8. The van der Waals surface area contributed by atoms with Gasteiger partial charge in [0.15, 0.2) is 0 Å². The van der Waals surface area contributed by atoms with Gasteiger partial charge in [-0.3, -0.25) is 0 Å². The van der Waals surface area contributed by atoms with E-state index in [9.17, 15) is 0 Å². The fraction of sp³-hybridized carbons (Fsp3) is 0. The van der Waals surface area contributed by atoms with E-state index in [0.29, 0.717) is 0 Å². The Bertz CT molecular complexity index is 5490. The molecule has 19 aromatic rings. The van der Waals surface area contributed by atoms with Crippen molar-refractivity contribution in [1.29, 1.82) is 0 Å². The SMILES string of the molecule is c1ccc(-c2c3c4cccc5c6c(N(c7ccccc7)c7cccc8oc9ccccc9c78)cccc6n(c3c(-c3ccccc3)c3c6cccc7c8c(N(c9ccccc9)c9cccc%10oc%11ccccc%11c9%10)cccc8n(c23)c76)c54)cc1. The van der Waals surface area contributed by atoms with Crippen LogP contribution in [0.3, 0.4) is 0 Å². The number of hydrogen-bond acceptors (Lipinski definition) is 4. The van der Waals surface area contributed by atoms with Gasteiger partial charge in [0.2, 0.25) is 0 Å². The lowest BCUT2D eigenvalue weighted by Gasteiger charge is -2.27. The van der Waals surface area contributed by atoms with Gasteiger partial charge in [-0.1, -0.05) is 194 Å². The molecule has 0 saturated heterocycles. The van der Waals surface area contributed by atoms with E-state index in [1.165, 1.54) is 76.3 Å². The molecule has 390 valence electrons. The molecule has 19 rings (SSSR count). The van der Waals surface area contributed by atoms with Crippen molar-refractivity contribution >= 4 is 154 Å². The van der Waals surface area contributed by atoms with Crippen LogP contribution in [0.5, 0.6) is 0 Å². The Morgan fingerprint density at radius 2 is 0.536 bits per heavy atom. The number of fused-ring (bicyclic) bond motifs is 18. The summed E-state index contributed by atoms with van der Waals surface area (Å²) in [5.41, 5.74) is 21.7. The first kappa shape index (κ1) is 45.4. The molecule has 6 heterocycles. The van der Waals surface area contributed by atoms with E-state index in [-0.39, 0.29) is 0 Å². The van der Waals surface area contributed by atoms with Gasteiger partial charge in [-0.05, 0) is 96.1 Å². The summed E-state index contributed by atoms with van der Waals surface area (Å²) in [4.78, 5) is 4.90. The topological polar surface area (TPSA) is 41.6 Å². The standard InChI is InChI=1S/C78H46N4O2/c1-5-23-47(24-6-1)67-73-55-35-17-33-53-70-58(80(50-29-11-4-12-30-50)62-42-22-46-66-72(62)52-32-14-16-44-64(52)84-66)38-20-40-60(70)82(75(53)55)78(73)68(48-25-7-2-8-26-48)74-56-36-18-34-54-69-57(37-19-39-59(69)81(76(54)56)77(67)74)79(49-27-9-3-10-28-49)61-41-21-45-65-71(61)51-31-13-15-43-63(51)83-65/h1-46H. The third-order valence-electron chi connectivity index (χ3n) is 17.9. The van der Waals surface area contributed by atoms with Gasteiger partial charge in [-0.15, -0.1) is 0 Å². The van der Waals surface area contributed by atoms with Crippen LogP contribution >= 0.6 is 0 Å². The van der Waals surface area contributed by atoms with Gasteiger partial charge in [0.25, 0.3) is 0 Å². The molecule has 84 heavy (non-hydrogen) atoms. The van der Waals surface area contributed by atoms with Crippen molar-refractivity contribution in [2.75, 3.05) is 9.80 Å². The maximum Gasteiger partial charge on any atom is 0.137 e. The molecule has 0 bridgehead atoms. The Hall–Kier alpha value is -11.3. The molecule has 0 saturated carbocycles. The predicted octanol–water partition coefficient (Wildman–Crippen LogP) is 22.1. The first-order chi connectivity index (χ1) is 41.8. The van der Waals surface area contributed by atoms with Crippen LogP contribution in [0.4, 0.5) is 34.1 Å². The van der Waals surface area contributed by atoms with Crippen LogP contribution in [-0.4, -0.2) is 8.80 Å². The zero-order valence-electron chi connectivity index (χ0n) is 45.2. The Labute approximate surface area is 480 Å². The molecule has 6 nitrogen and oxygen atoms in total. The van der Waals surface area contributed by atoms with E-state index in [4.69, 9.17) is 8.83 Å². The van der Waals surface area contributed by atoms with E-state index >= 15 is 0 Å². The van der Waals surface area contributed by atoms with Crippen LogP contribution < -0.4 is 9.80 Å². The minimum absolute atomic E-state index is 0.856. The number of aromatic nitrogens is 2. The molecule has 0 aliphatic heterocycles. The molecule has 0 N–H and O–H groups in total.